The minimum atomic E-state index is -0.226. The molecule has 178 valence electrons. The molecule has 1 unspecified atom stereocenters. The van der Waals surface area contributed by atoms with Gasteiger partial charge in [0.25, 0.3) is 11.8 Å². The van der Waals surface area contributed by atoms with Crippen molar-refractivity contribution in [3.05, 3.63) is 75.7 Å². The molecule has 1 aromatic heterocycles. The number of hydrogen-bond donors (Lipinski definition) is 2. The fraction of sp³-hybridized carbons (Fsp3) is 0.357. The van der Waals surface area contributed by atoms with Crippen molar-refractivity contribution in [2.75, 3.05) is 17.7 Å². The van der Waals surface area contributed by atoms with Gasteiger partial charge >= 0.3 is 0 Å². The average Bonchev–Trinajstić information content (AvgIpc) is 3.16. The predicted octanol–water partition coefficient (Wildman–Crippen LogP) is 6.72. The van der Waals surface area contributed by atoms with Gasteiger partial charge in [-0.1, -0.05) is 51.1 Å². The smallest absolute Gasteiger partial charge is 0.259 e. The number of rotatable bonds is 5. The molecule has 0 saturated carbocycles. The zero-order valence-electron chi connectivity index (χ0n) is 20.5. The normalized spacial score (nSPS) is 15.4. The molecule has 0 fully saturated rings. The number of ether oxygens (including phenoxy) is 1. The van der Waals surface area contributed by atoms with Crippen LogP contribution in [0.4, 0.5) is 10.7 Å². The van der Waals surface area contributed by atoms with Crippen LogP contribution in [-0.2, 0) is 12.8 Å². The molecule has 1 aliphatic carbocycles. The lowest BCUT2D eigenvalue weighted by Crippen LogP contribution is -2.27. The van der Waals surface area contributed by atoms with Crippen LogP contribution >= 0.6 is 11.3 Å². The van der Waals surface area contributed by atoms with Gasteiger partial charge in [0.05, 0.1) is 18.4 Å². The second-order valence-corrected chi connectivity index (χ2v) is 11.0. The minimum absolute atomic E-state index is 0.187. The monoisotopic (exact) mass is 476 g/mol. The summed E-state index contributed by atoms with van der Waals surface area (Å²) in [6, 6.07) is 14.8. The van der Waals surface area contributed by atoms with Crippen molar-refractivity contribution < 1.29 is 14.3 Å². The molecule has 1 heterocycles. The Hall–Kier alpha value is -3.12. The molecule has 34 heavy (non-hydrogen) atoms. The van der Waals surface area contributed by atoms with Gasteiger partial charge in [-0.05, 0) is 66.8 Å². The van der Waals surface area contributed by atoms with Crippen molar-refractivity contribution in [2.45, 2.75) is 47.0 Å². The van der Waals surface area contributed by atoms with Crippen molar-refractivity contribution in [1.82, 2.24) is 0 Å². The highest BCUT2D eigenvalue weighted by molar-refractivity contribution is 7.17. The van der Waals surface area contributed by atoms with Gasteiger partial charge in [-0.2, -0.15) is 0 Å². The Morgan fingerprint density at radius 1 is 1.00 bits per heavy atom. The van der Waals surface area contributed by atoms with Crippen LogP contribution in [0, 0.1) is 18.3 Å². The highest BCUT2D eigenvalue weighted by Crippen LogP contribution is 2.44. The number of hydrogen-bond acceptors (Lipinski definition) is 4. The standard InChI is InChI=1S/C28H32N2O3S/c1-17-10-6-7-11-19(17)25(31)30-27-24(26(32)29-21-12-8-9-13-22(21)33-5)20-15-14-18(28(2,3)4)16-23(20)34-27/h6-13,18H,14-16H2,1-5H3,(H,29,32)(H,30,31). The van der Waals surface area contributed by atoms with Gasteiger partial charge in [-0.25, -0.2) is 0 Å². The average molecular weight is 477 g/mol. The number of nitrogens with one attached hydrogen (secondary N) is 2. The van der Waals surface area contributed by atoms with Crippen molar-refractivity contribution in [2.24, 2.45) is 11.3 Å². The lowest BCUT2D eigenvalue weighted by Gasteiger charge is -2.33. The van der Waals surface area contributed by atoms with Crippen LogP contribution in [0.2, 0.25) is 0 Å². The Labute approximate surface area is 205 Å². The van der Waals surface area contributed by atoms with E-state index in [9.17, 15) is 9.59 Å². The summed E-state index contributed by atoms with van der Waals surface area (Å²) in [5.41, 5.74) is 3.92. The summed E-state index contributed by atoms with van der Waals surface area (Å²) in [6.07, 6.45) is 2.76. The molecule has 4 rings (SSSR count). The van der Waals surface area contributed by atoms with E-state index in [-0.39, 0.29) is 17.2 Å². The number of carbonyl (C=O) groups is 2. The molecule has 1 atom stereocenters. The second kappa shape index (κ2) is 9.63. The number of aryl methyl sites for hydroxylation is 1. The summed E-state index contributed by atoms with van der Waals surface area (Å²) < 4.78 is 5.41. The van der Waals surface area contributed by atoms with Crippen LogP contribution in [0.1, 0.15) is 63.9 Å². The summed E-state index contributed by atoms with van der Waals surface area (Å²) in [6.45, 7) is 8.73. The maximum atomic E-state index is 13.6. The van der Waals surface area contributed by atoms with Gasteiger partial charge < -0.3 is 15.4 Å². The zero-order valence-corrected chi connectivity index (χ0v) is 21.3. The van der Waals surface area contributed by atoms with E-state index in [2.05, 4.69) is 31.4 Å². The number of benzene rings is 2. The first-order valence-corrected chi connectivity index (χ1v) is 12.5. The zero-order chi connectivity index (χ0) is 24.5. The number of fused-ring (bicyclic) bond motifs is 1. The predicted molar refractivity (Wildman–Crippen MR) is 139 cm³/mol. The summed E-state index contributed by atoms with van der Waals surface area (Å²) in [5.74, 6) is 0.702. The molecule has 0 bridgehead atoms. The largest absolute Gasteiger partial charge is 0.495 e. The lowest BCUT2D eigenvalue weighted by atomic mass is 9.72. The summed E-state index contributed by atoms with van der Waals surface area (Å²) in [5, 5.41) is 6.68. The van der Waals surface area contributed by atoms with E-state index in [4.69, 9.17) is 4.74 Å². The minimum Gasteiger partial charge on any atom is -0.495 e. The molecular weight excluding hydrogens is 444 g/mol. The molecule has 0 saturated heterocycles. The second-order valence-electron chi connectivity index (χ2n) is 9.94. The van der Waals surface area contributed by atoms with Crippen molar-refractivity contribution in [1.29, 1.82) is 0 Å². The Morgan fingerprint density at radius 2 is 1.71 bits per heavy atom. The van der Waals surface area contributed by atoms with Crippen molar-refractivity contribution >= 4 is 33.8 Å². The Balaban J connectivity index is 1.71. The van der Waals surface area contributed by atoms with Crippen LogP contribution < -0.4 is 15.4 Å². The number of methoxy groups -OCH3 is 1. The van der Waals surface area contributed by atoms with E-state index < -0.39 is 0 Å². The fourth-order valence-corrected chi connectivity index (χ4v) is 5.90. The number of amides is 2. The van der Waals surface area contributed by atoms with E-state index in [1.165, 1.54) is 16.2 Å². The van der Waals surface area contributed by atoms with Crippen LogP contribution in [0.15, 0.2) is 48.5 Å². The van der Waals surface area contributed by atoms with Crippen LogP contribution in [0.25, 0.3) is 0 Å². The molecule has 5 nitrogen and oxygen atoms in total. The number of carbonyl (C=O) groups excluding carboxylic acids is 2. The van der Waals surface area contributed by atoms with Gasteiger partial charge in [0.15, 0.2) is 0 Å². The van der Waals surface area contributed by atoms with Crippen molar-refractivity contribution in [3.8, 4) is 5.75 Å². The maximum absolute atomic E-state index is 13.6. The molecule has 2 aromatic carbocycles. The van der Waals surface area contributed by atoms with Crippen molar-refractivity contribution in [3.63, 3.8) is 0 Å². The molecule has 0 aliphatic heterocycles. The van der Waals surface area contributed by atoms with Gasteiger partial charge in [0.2, 0.25) is 0 Å². The Morgan fingerprint density at radius 3 is 2.41 bits per heavy atom. The van der Waals surface area contributed by atoms with Crippen LogP contribution in [-0.4, -0.2) is 18.9 Å². The molecule has 2 amide bonds. The molecule has 6 heteroatoms. The summed E-state index contributed by atoms with van der Waals surface area (Å²) in [4.78, 5) is 27.9. The van der Waals surface area contributed by atoms with Gasteiger partial charge in [0, 0.05) is 10.4 Å². The topological polar surface area (TPSA) is 67.4 Å². The van der Waals surface area contributed by atoms with E-state index in [1.807, 2.05) is 55.5 Å². The van der Waals surface area contributed by atoms with E-state index >= 15 is 0 Å². The van der Waals surface area contributed by atoms with E-state index in [0.29, 0.717) is 33.5 Å². The molecular formula is C28H32N2O3S. The highest BCUT2D eigenvalue weighted by Gasteiger charge is 2.34. The molecule has 0 radical (unpaired) electrons. The first-order valence-electron chi connectivity index (χ1n) is 11.6. The molecule has 1 aliphatic rings. The highest BCUT2D eigenvalue weighted by atomic mass is 32.1. The number of para-hydroxylation sites is 2. The third-order valence-electron chi connectivity index (χ3n) is 6.69. The molecule has 3 aromatic rings. The maximum Gasteiger partial charge on any atom is 0.259 e. The number of thiophene rings is 1. The summed E-state index contributed by atoms with van der Waals surface area (Å²) in [7, 11) is 1.58. The summed E-state index contributed by atoms with van der Waals surface area (Å²) >= 11 is 1.54. The van der Waals surface area contributed by atoms with Crippen LogP contribution in [0.3, 0.4) is 0 Å². The third kappa shape index (κ3) is 4.87. The molecule has 2 N–H and O–H groups in total. The Kier molecular flexibility index (Phi) is 6.80. The number of anilines is 2. The molecule has 0 spiro atoms. The Bertz CT molecular complexity index is 1220. The fourth-order valence-electron chi connectivity index (χ4n) is 4.58. The quantitative estimate of drug-likeness (QED) is 0.429. The van der Waals surface area contributed by atoms with Gasteiger partial charge in [-0.3, -0.25) is 9.59 Å². The lowest BCUT2D eigenvalue weighted by molar-refractivity contribution is 0.102. The van der Waals surface area contributed by atoms with E-state index in [1.54, 1.807) is 7.11 Å². The van der Waals surface area contributed by atoms with Crippen LogP contribution in [0.5, 0.6) is 5.75 Å². The van der Waals surface area contributed by atoms with E-state index in [0.717, 1.165) is 30.4 Å². The third-order valence-corrected chi connectivity index (χ3v) is 7.86. The first-order chi connectivity index (χ1) is 16.2. The first kappa shape index (κ1) is 24.0. The SMILES string of the molecule is COc1ccccc1NC(=O)c1c(NC(=O)c2ccccc2C)sc2c1CCC(C(C)(C)C)C2. The van der Waals surface area contributed by atoms with Gasteiger partial charge in [-0.15, -0.1) is 11.3 Å². The van der Waals surface area contributed by atoms with Gasteiger partial charge in [0.1, 0.15) is 10.8 Å².